The van der Waals surface area contributed by atoms with E-state index in [4.69, 9.17) is 14.8 Å². The van der Waals surface area contributed by atoms with E-state index in [-0.39, 0.29) is 0 Å². The number of aliphatic hydroxyl groups excluding tert-OH is 4. The van der Waals surface area contributed by atoms with E-state index in [2.05, 4.69) is 8.92 Å². The van der Waals surface area contributed by atoms with Crippen LogP contribution < -0.4 is 0 Å². The summed E-state index contributed by atoms with van der Waals surface area (Å²) in [5.74, 6) is 0. The van der Waals surface area contributed by atoms with Crippen molar-refractivity contribution in [3.8, 4) is 0 Å². The van der Waals surface area contributed by atoms with E-state index in [1.54, 1.807) is 0 Å². The van der Waals surface area contributed by atoms with Gasteiger partial charge in [0.15, 0.2) is 6.29 Å². The Balaban J connectivity index is 2.85. The first-order valence-corrected chi connectivity index (χ1v) is 5.59. The van der Waals surface area contributed by atoms with Gasteiger partial charge < -0.3 is 25.2 Å². The molecule has 1 saturated heterocycles. The number of hydrogen-bond donors (Lipinski definition) is 5. The highest BCUT2D eigenvalue weighted by atomic mass is 32.3. The van der Waals surface area contributed by atoms with Crippen molar-refractivity contribution in [2.24, 2.45) is 0 Å². The molecule has 1 unspecified atom stereocenters. The lowest BCUT2D eigenvalue weighted by Gasteiger charge is -2.38. The fourth-order valence-corrected chi connectivity index (χ4v) is 1.83. The van der Waals surface area contributed by atoms with Gasteiger partial charge in [-0.25, -0.2) is 4.18 Å². The van der Waals surface area contributed by atoms with Gasteiger partial charge in [-0.3, -0.25) is 4.55 Å². The van der Waals surface area contributed by atoms with Crippen LogP contribution in [0, 0.1) is 0 Å². The zero-order valence-electron chi connectivity index (χ0n) is 7.87. The molecule has 1 aliphatic rings. The van der Waals surface area contributed by atoms with Crippen molar-refractivity contribution in [1.82, 2.24) is 0 Å². The average Bonchev–Trinajstić information content (AvgIpc) is 2.17. The molecule has 0 aromatic rings. The molecule has 5 atom stereocenters. The first-order chi connectivity index (χ1) is 7.26. The summed E-state index contributed by atoms with van der Waals surface area (Å²) in [4.78, 5) is 0. The van der Waals surface area contributed by atoms with Gasteiger partial charge >= 0.3 is 10.4 Å². The van der Waals surface area contributed by atoms with Gasteiger partial charge in [-0.1, -0.05) is 0 Å². The molecule has 0 saturated carbocycles. The zero-order chi connectivity index (χ0) is 12.5. The molecule has 0 bridgehead atoms. The quantitative estimate of drug-likeness (QED) is 0.327. The Bertz CT molecular complexity index is 327. The summed E-state index contributed by atoms with van der Waals surface area (Å²) >= 11 is 0. The van der Waals surface area contributed by atoms with Crippen LogP contribution in [-0.4, -0.2) is 70.7 Å². The van der Waals surface area contributed by atoms with Crippen LogP contribution in [-0.2, 0) is 19.3 Å². The first-order valence-electron chi connectivity index (χ1n) is 4.22. The van der Waals surface area contributed by atoms with Crippen LogP contribution in [0.5, 0.6) is 0 Å². The second-order valence-electron chi connectivity index (χ2n) is 3.22. The Morgan fingerprint density at radius 2 is 1.75 bits per heavy atom. The van der Waals surface area contributed by atoms with Crippen molar-refractivity contribution < 1.29 is 42.3 Å². The second-order valence-corrected chi connectivity index (χ2v) is 4.27. The highest BCUT2D eigenvalue weighted by Crippen LogP contribution is 2.23. The van der Waals surface area contributed by atoms with Crippen LogP contribution >= 0.6 is 0 Å². The number of rotatable bonds is 3. The van der Waals surface area contributed by atoms with E-state index in [0.717, 1.165) is 0 Å². The van der Waals surface area contributed by atoms with Gasteiger partial charge in [0.2, 0.25) is 0 Å². The summed E-state index contributed by atoms with van der Waals surface area (Å²) in [7, 11) is -4.91. The molecule has 16 heavy (non-hydrogen) atoms. The molecule has 1 rings (SSSR count). The van der Waals surface area contributed by atoms with Gasteiger partial charge in [0.05, 0.1) is 6.61 Å². The third-order valence-corrected chi connectivity index (χ3v) is 2.54. The van der Waals surface area contributed by atoms with E-state index < -0.39 is 47.7 Å². The molecular weight excluding hydrogens is 248 g/mol. The predicted molar refractivity (Wildman–Crippen MR) is 46.4 cm³/mol. The Labute approximate surface area is 90.8 Å². The molecule has 9 nitrogen and oxygen atoms in total. The van der Waals surface area contributed by atoms with Gasteiger partial charge in [0, 0.05) is 0 Å². The molecule has 0 radical (unpaired) electrons. The van der Waals surface area contributed by atoms with Crippen LogP contribution in [0.2, 0.25) is 0 Å². The van der Waals surface area contributed by atoms with Crippen molar-refractivity contribution in [3.63, 3.8) is 0 Å². The van der Waals surface area contributed by atoms with Gasteiger partial charge in [0.1, 0.15) is 24.4 Å². The summed E-state index contributed by atoms with van der Waals surface area (Å²) in [6, 6.07) is 0. The minimum atomic E-state index is -4.91. The molecule has 10 heteroatoms. The molecule has 0 amide bonds. The highest BCUT2D eigenvalue weighted by Gasteiger charge is 2.46. The van der Waals surface area contributed by atoms with Crippen molar-refractivity contribution >= 4 is 10.4 Å². The minimum Gasteiger partial charge on any atom is -0.394 e. The lowest BCUT2D eigenvalue weighted by molar-refractivity contribution is -0.282. The van der Waals surface area contributed by atoms with Crippen molar-refractivity contribution in [1.29, 1.82) is 0 Å². The van der Waals surface area contributed by atoms with E-state index >= 15 is 0 Å². The lowest BCUT2D eigenvalue weighted by Crippen LogP contribution is -2.59. The minimum absolute atomic E-state index is 0.726. The van der Waals surface area contributed by atoms with Gasteiger partial charge in [-0.2, -0.15) is 8.42 Å². The number of hydrogen-bond acceptors (Lipinski definition) is 8. The predicted octanol–water partition coefficient (Wildman–Crippen LogP) is -3.39. The number of aliphatic hydroxyl groups is 4. The Morgan fingerprint density at radius 1 is 1.19 bits per heavy atom. The van der Waals surface area contributed by atoms with Crippen molar-refractivity contribution in [2.45, 2.75) is 30.7 Å². The van der Waals surface area contributed by atoms with Crippen LogP contribution in [0.25, 0.3) is 0 Å². The topological polar surface area (TPSA) is 154 Å². The molecule has 96 valence electrons. The van der Waals surface area contributed by atoms with E-state index in [0.29, 0.717) is 0 Å². The summed E-state index contributed by atoms with van der Waals surface area (Å²) < 4.78 is 37.8. The summed E-state index contributed by atoms with van der Waals surface area (Å²) in [6.45, 7) is -0.726. The van der Waals surface area contributed by atoms with Crippen LogP contribution in [0.1, 0.15) is 0 Å². The SMILES string of the molecule is O=S(=O)(O)O[C@H]1[C@@H](O)[C@@H](CO)OC(O)[C@@H]1O. The van der Waals surface area contributed by atoms with Crippen molar-refractivity contribution in [2.75, 3.05) is 6.61 Å². The molecular formula is C6H12O9S. The molecule has 5 N–H and O–H groups in total. The normalized spacial score (nSPS) is 40.9. The van der Waals surface area contributed by atoms with E-state index in [9.17, 15) is 18.6 Å². The summed E-state index contributed by atoms with van der Waals surface area (Å²) in [5.41, 5.74) is 0. The smallest absolute Gasteiger partial charge is 0.394 e. The molecule has 0 aromatic carbocycles. The molecule has 0 aliphatic carbocycles. The Morgan fingerprint density at radius 3 is 2.19 bits per heavy atom. The third-order valence-electron chi connectivity index (χ3n) is 2.07. The first kappa shape index (κ1) is 13.7. The lowest BCUT2D eigenvalue weighted by atomic mass is 9.99. The maximum Gasteiger partial charge on any atom is 0.397 e. The van der Waals surface area contributed by atoms with E-state index in [1.807, 2.05) is 0 Å². The van der Waals surface area contributed by atoms with Crippen LogP contribution in [0.4, 0.5) is 0 Å². The molecule has 1 aliphatic heterocycles. The Hall–Kier alpha value is -0.330. The molecule has 0 aromatic heterocycles. The second kappa shape index (κ2) is 4.89. The van der Waals surface area contributed by atoms with Gasteiger partial charge in [-0.05, 0) is 0 Å². The van der Waals surface area contributed by atoms with Crippen LogP contribution in [0.15, 0.2) is 0 Å². The molecule has 0 spiro atoms. The maximum absolute atomic E-state index is 10.4. The summed E-state index contributed by atoms with van der Waals surface area (Å²) in [6.07, 6.45) is -8.58. The van der Waals surface area contributed by atoms with Crippen LogP contribution in [0.3, 0.4) is 0 Å². The zero-order valence-corrected chi connectivity index (χ0v) is 8.69. The van der Waals surface area contributed by atoms with Gasteiger partial charge in [0.25, 0.3) is 0 Å². The van der Waals surface area contributed by atoms with E-state index in [1.165, 1.54) is 0 Å². The number of ether oxygens (including phenoxy) is 1. The van der Waals surface area contributed by atoms with Gasteiger partial charge in [-0.15, -0.1) is 0 Å². The van der Waals surface area contributed by atoms with Crippen molar-refractivity contribution in [3.05, 3.63) is 0 Å². The Kier molecular flexibility index (Phi) is 4.20. The largest absolute Gasteiger partial charge is 0.397 e. The average molecular weight is 260 g/mol. The highest BCUT2D eigenvalue weighted by molar-refractivity contribution is 7.80. The standard InChI is InChI=1S/C6H12O9S/c7-1-2-3(8)5(15-16(11,12)13)4(9)6(10)14-2/h2-10H,1H2,(H,11,12,13)/t2-,3+,4-,5+,6?/m1/s1. The third kappa shape index (κ3) is 3.09. The molecule has 1 heterocycles. The maximum atomic E-state index is 10.4. The summed E-state index contributed by atoms with van der Waals surface area (Å²) in [5, 5.41) is 36.5. The monoisotopic (exact) mass is 260 g/mol. The molecule has 1 fully saturated rings. The fourth-order valence-electron chi connectivity index (χ4n) is 1.32. The fraction of sp³-hybridized carbons (Fsp3) is 1.00.